The van der Waals surface area contributed by atoms with Gasteiger partial charge in [0.1, 0.15) is 18.1 Å². The molecule has 7 N–H and O–H groups in total. The van der Waals surface area contributed by atoms with Crippen LogP contribution in [0.2, 0.25) is 0 Å². The molecule has 1 aromatic carbocycles. The van der Waals surface area contributed by atoms with Crippen LogP contribution in [-0.4, -0.2) is 70.4 Å². The second-order valence-corrected chi connectivity index (χ2v) is 11.1. The molecule has 2 unspecified atom stereocenters. The molecule has 0 aliphatic rings. The van der Waals surface area contributed by atoms with Gasteiger partial charge in [-0.3, -0.25) is 24.0 Å². The molecule has 5 amide bonds. The number of primary amides is 1. The fourth-order valence-electron chi connectivity index (χ4n) is 4.08. The Hall–Kier alpha value is -3.33. The lowest BCUT2D eigenvalue weighted by molar-refractivity contribution is -0.212. The summed E-state index contributed by atoms with van der Waals surface area (Å²) in [6.45, 7) is 6.79. The minimum absolute atomic E-state index is 0.00143. The largest absolute Gasteiger partial charge is 0.416 e. The monoisotopic (exact) mass is 619 g/mol. The van der Waals surface area contributed by atoms with Gasteiger partial charge in [0.05, 0.1) is 6.04 Å². The molecule has 0 saturated carbocycles. The van der Waals surface area contributed by atoms with E-state index in [1.165, 1.54) is 0 Å². The van der Waals surface area contributed by atoms with Crippen LogP contribution in [0.25, 0.3) is 0 Å². The third kappa shape index (κ3) is 13.1. The Balaban J connectivity index is 3.28. The van der Waals surface area contributed by atoms with Crippen molar-refractivity contribution in [2.75, 3.05) is 0 Å². The van der Waals surface area contributed by atoms with E-state index in [9.17, 15) is 42.3 Å². The zero-order chi connectivity index (χ0) is 32.2. The van der Waals surface area contributed by atoms with E-state index >= 15 is 0 Å². The van der Waals surface area contributed by atoms with E-state index in [0.717, 1.165) is 0 Å². The smallest absolute Gasteiger partial charge is 0.382 e. The maximum absolute atomic E-state index is 13.5. The van der Waals surface area contributed by atoms with Crippen LogP contribution in [0.5, 0.6) is 0 Å². The number of thiol groups is 1. The summed E-state index contributed by atoms with van der Waals surface area (Å²) in [6, 6.07) is 3.06. The Morgan fingerprint density at radius 1 is 0.881 bits per heavy atom. The van der Waals surface area contributed by atoms with Crippen molar-refractivity contribution in [3.05, 3.63) is 35.9 Å². The summed E-state index contributed by atoms with van der Waals surface area (Å²) in [4.78, 5) is 62.4. The van der Waals surface area contributed by atoms with E-state index in [4.69, 9.17) is 5.73 Å². The van der Waals surface area contributed by atoms with Gasteiger partial charge in [-0.1, -0.05) is 70.7 Å². The number of alkyl halides is 3. The summed E-state index contributed by atoms with van der Waals surface area (Å²) in [7, 11) is 0. The average molecular weight is 620 g/mol. The summed E-state index contributed by atoms with van der Waals surface area (Å²) >= 11 is 3.66. The van der Waals surface area contributed by atoms with Crippen LogP contribution in [0.3, 0.4) is 0 Å². The number of carbonyl (C=O) groups excluding carboxylic acids is 5. The van der Waals surface area contributed by atoms with E-state index in [1.807, 2.05) is 0 Å². The first-order chi connectivity index (χ1) is 19.4. The van der Waals surface area contributed by atoms with E-state index in [0.29, 0.717) is 5.56 Å². The number of carbonyl (C=O) groups is 5. The zero-order valence-corrected chi connectivity index (χ0v) is 24.8. The van der Waals surface area contributed by atoms with Gasteiger partial charge in [0.15, 0.2) is 6.10 Å². The number of hydrogen-bond acceptors (Lipinski definition) is 6. The third-order valence-electron chi connectivity index (χ3n) is 6.23. The first-order valence-electron chi connectivity index (χ1n) is 13.4. The van der Waals surface area contributed by atoms with Crippen LogP contribution in [0.15, 0.2) is 30.3 Å². The number of amides is 5. The fraction of sp³-hybridized carbons (Fsp3) is 0.593. The van der Waals surface area contributed by atoms with Gasteiger partial charge in [-0.2, -0.15) is 13.2 Å². The van der Waals surface area contributed by atoms with E-state index in [-0.39, 0.29) is 24.7 Å². The molecule has 236 valence electrons. The highest BCUT2D eigenvalue weighted by Gasteiger charge is 2.44. The predicted octanol–water partition coefficient (Wildman–Crippen LogP) is 1.58. The number of aliphatic hydroxyl groups is 1. The molecule has 0 spiro atoms. The summed E-state index contributed by atoms with van der Waals surface area (Å²) in [6.07, 6.45) is -9.24. The standard InChI is InChI=1S/C27H40F3N5O6S/c1-14(2)12-18(23(38)32-17(10-11-20(31)36)22(37)27(28,29)30)33-24(39)19(13-16-8-6-5-7-9-16)34-25(40)21(15(3)4)35-26(41)42/h5-9,14-15,17-19,21-22,37H,10-13H2,1-4H3,(H2,31,36)(H,32,38)(H,33,39)(H,34,40)(H2,35,41,42)/t17?,18-,19-,21-,22?/m0/s1. The molecule has 0 aliphatic carbocycles. The van der Waals surface area contributed by atoms with Gasteiger partial charge in [0, 0.05) is 12.8 Å². The number of nitrogens with two attached hydrogens (primary N) is 1. The van der Waals surface area contributed by atoms with Gasteiger partial charge < -0.3 is 32.1 Å². The van der Waals surface area contributed by atoms with Crippen molar-refractivity contribution in [1.29, 1.82) is 0 Å². The minimum atomic E-state index is -5.10. The Morgan fingerprint density at radius 2 is 1.43 bits per heavy atom. The molecule has 0 heterocycles. The van der Waals surface area contributed by atoms with Crippen molar-refractivity contribution >= 4 is 41.5 Å². The molecule has 0 fully saturated rings. The molecule has 0 aromatic heterocycles. The Labute approximate surface area is 248 Å². The summed E-state index contributed by atoms with van der Waals surface area (Å²) in [5.41, 5.74) is 5.70. The highest BCUT2D eigenvalue weighted by atomic mass is 32.1. The molecule has 5 atom stereocenters. The van der Waals surface area contributed by atoms with Crippen molar-refractivity contribution in [3.63, 3.8) is 0 Å². The van der Waals surface area contributed by atoms with Crippen molar-refractivity contribution in [3.8, 4) is 0 Å². The minimum Gasteiger partial charge on any atom is -0.382 e. The fourth-order valence-corrected chi connectivity index (χ4v) is 4.22. The van der Waals surface area contributed by atoms with Gasteiger partial charge in [-0.25, -0.2) is 0 Å². The van der Waals surface area contributed by atoms with Crippen LogP contribution in [0.1, 0.15) is 52.5 Å². The number of rotatable bonds is 16. The lowest BCUT2D eigenvalue weighted by Gasteiger charge is -2.30. The van der Waals surface area contributed by atoms with Crippen LogP contribution in [0.4, 0.5) is 18.0 Å². The Bertz CT molecular complexity index is 1070. The van der Waals surface area contributed by atoms with Crippen molar-refractivity contribution in [2.24, 2.45) is 17.6 Å². The number of benzene rings is 1. The molecule has 0 aliphatic heterocycles. The highest BCUT2D eigenvalue weighted by molar-refractivity contribution is 7.96. The lowest BCUT2D eigenvalue weighted by atomic mass is 9.98. The second-order valence-electron chi connectivity index (χ2n) is 10.7. The lowest BCUT2D eigenvalue weighted by Crippen LogP contribution is -2.59. The van der Waals surface area contributed by atoms with Crippen LogP contribution in [0, 0.1) is 11.8 Å². The van der Waals surface area contributed by atoms with E-state index in [1.54, 1.807) is 58.0 Å². The molecular formula is C27H40F3N5O6S. The molecule has 1 rings (SSSR count). The maximum atomic E-state index is 13.5. The van der Waals surface area contributed by atoms with E-state index < -0.39 is 78.2 Å². The molecular weight excluding hydrogens is 579 g/mol. The second kappa shape index (κ2) is 16.9. The van der Waals surface area contributed by atoms with Crippen LogP contribution < -0.4 is 27.0 Å². The van der Waals surface area contributed by atoms with Crippen LogP contribution >= 0.6 is 12.6 Å². The maximum Gasteiger partial charge on any atom is 0.416 e. The van der Waals surface area contributed by atoms with Gasteiger partial charge in [0.25, 0.3) is 5.24 Å². The quantitative estimate of drug-likeness (QED) is 0.138. The normalized spacial score (nSPS) is 15.2. The molecule has 0 saturated heterocycles. The molecule has 15 heteroatoms. The summed E-state index contributed by atoms with van der Waals surface area (Å²) in [5, 5.41) is 18.6. The number of nitrogens with one attached hydrogen (secondary N) is 4. The molecule has 0 bridgehead atoms. The Morgan fingerprint density at radius 3 is 1.90 bits per heavy atom. The third-order valence-corrected chi connectivity index (χ3v) is 6.36. The summed E-state index contributed by atoms with van der Waals surface area (Å²) in [5.74, 6) is -4.04. The van der Waals surface area contributed by atoms with E-state index in [2.05, 4.69) is 33.9 Å². The van der Waals surface area contributed by atoms with Gasteiger partial charge in [0.2, 0.25) is 23.6 Å². The molecule has 1 aromatic rings. The predicted molar refractivity (Wildman–Crippen MR) is 152 cm³/mol. The SMILES string of the molecule is CC(C)C[C@H](NC(=O)[C@H](Cc1ccccc1)NC(=O)[C@@H](NC(=O)S)C(C)C)C(=O)NC(CCC(N)=O)C(O)C(F)(F)F. The van der Waals surface area contributed by atoms with Gasteiger partial charge in [-0.15, -0.1) is 0 Å². The van der Waals surface area contributed by atoms with Crippen molar-refractivity contribution < 1.29 is 42.3 Å². The summed E-state index contributed by atoms with van der Waals surface area (Å²) < 4.78 is 39.8. The Kier molecular flexibility index (Phi) is 14.8. The van der Waals surface area contributed by atoms with Crippen molar-refractivity contribution in [1.82, 2.24) is 21.3 Å². The average Bonchev–Trinajstić information content (AvgIpc) is 2.87. The van der Waals surface area contributed by atoms with Crippen LogP contribution in [-0.2, 0) is 25.6 Å². The number of hydrogen-bond donors (Lipinski definition) is 7. The molecule has 11 nitrogen and oxygen atoms in total. The topological polar surface area (TPSA) is 180 Å². The van der Waals surface area contributed by atoms with Gasteiger partial charge >= 0.3 is 6.18 Å². The first kappa shape index (κ1) is 36.7. The zero-order valence-electron chi connectivity index (χ0n) is 23.9. The van der Waals surface area contributed by atoms with Crippen molar-refractivity contribution in [2.45, 2.75) is 89.8 Å². The highest BCUT2D eigenvalue weighted by Crippen LogP contribution is 2.24. The first-order valence-corrected chi connectivity index (χ1v) is 13.8. The number of halogens is 3. The number of aliphatic hydroxyl groups excluding tert-OH is 1. The molecule has 42 heavy (non-hydrogen) atoms. The molecule has 0 radical (unpaired) electrons. The van der Waals surface area contributed by atoms with Gasteiger partial charge in [-0.05, 0) is 30.2 Å².